The van der Waals surface area contributed by atoms with E-state index < -0.39 is 0 Å². The van der Waals surface area contributed by atoms with E-state index in [0.29, 0.717) is 11.0 Å². The van der Waals surface area contributed by atoms with Crippen molar-refractivity contribution in [2.45, 2.75) is 12.8 Å². The first-order valence-electron chi connectivity index (χ1n) is 4.00. The van der Waals surface area contributed by atoms with Crippen LogP contribution in [0.1, 0.15) is 12.8 Å². The number of hydrogen-bond acceptors (Lipinski definition) is 4. The molecule has 13 heavy (non-hydrogen) atoms. The maximum Gasteiger partial charge on any atom is 0.185 e. The number of nitrogens with zero attached hydrogens (tertiary/aromatic N) is 2. The highest BCUT2D eigenvalue weighted by molar-refractivity contribution is 7.14. The van der Waals surface area contributed by atoms with Gasteiger partial charge in [0.15, 0.2) is 4.47 Å². The highest BCUT2D eigenvalue weighted by Crippen LogP contribution is 2.44. The van der Waals surface area contributed by atoms with Gasteiger partial charge in [0.2, 0.25) is 0 Å². The molecule has 1 aliphatic carbocycles. The van der Waals surface area contributed by atoms with Crippen LogP contribution in [0.15, 0.2) is 5.38 Å². The minimum absolute atomic E-state index is 0.129. The Hall–Kier alpha value is -0.790. The average Bonchev–Trinajstić information content (AvgIpc) is 2.81. The maximum atomic E-state index is 8.81. The van der Waals surface area contributed by atoms with Gasteiger partial charge in [-0.3, -0.25) is 0 Å². The van der Waals surface area contributed by atoms with E-state index in [1.807, 2.05) is 5.38 Å². The lowest BCUT2D eigenvalue weighted by Gasteiger charge is -2.05. The lowest BCUT2D eigenvalue weighted by Crippen LogP contribution is -2.13. The molecule has 0 amide bonds. The quantitative estimate of drug-likeness (QED) is 0.840. The molecule has 1 heterocycles. The maximum absolute atomic E-state index is 8.81. The van der Waals surface area contributed by atoms with Crippen LogP contribution in [-0.4, -0.2) is 11.5 Å². The molecule has 1 aromatic rings. The summed E-state index contributed by atoms with van der Waals surface area (Å²) in [7, 11) is 0. The molecule has 0 aliphatic heterocycles. The fraction of sp³-hybridized carbons (Fsp3) is 0.500. The van der Waals surface area contributed by atoms with Crippen LogP contribution >= 0.6 is 22.9 Å². The van der Waals surface area contributed by atoms with Crippen molar-refractivity contribution in [3.8, 4) is 6.07 Å². The van der Waals surface area contributed by atoms with E-state index in [1.54, 1.807) is 0 Å². The Kier molecular flexibility index (Phi) is 2.14. The Morgan fingerprint density at radius 2 is 2.54 bits per heavy atom. The Bertz CT molecular complexity index is 351. The molecule has 1 aromatic heterocycles. The van der Waals surface area contributed by atoms with Crippen LogP contribution in [0, 0.1) is 16.7 Å². The minimum Gasteiger partial charge on any atom is -0.368 e. The number of halogens is 1. The van der Waals surface area contributed by atoms with Crippen LogP contribution in [0.3, 0.4) is 0 Å². The molecule has 68 valence electrons. The van der Waals surface area contributed by atoms with Crippen molar-refractivity contribution >= 4 is 28.8 Å². The van der Waals surface area contributed by atoms with Crippen molar-refractivity contribution in [1.82, 2.24) is 4.98 Å². The Balaban J connectivity index is 1.90. The molecule has 1 N–H and O–H groups in total. The zero-order valence-electron chi connectivity index (χ0n) is 6.88. The Morgan fingerprint density at radius 1 is 1.77 bits per heavy atom. The largest absolute Gasteiger partial charge is 0.368 e. The van der Waals surface area contributed by atoms with E-state index >= 15 is 0 Å². The Morgan fingerprint density at radius 3 is 3.00 bits per heavy atom. The molecule has 0 saturated heterocycles. The summed E-state index contributed by atoms with van der Waals surface area (Å²) >= 11 is 7.05. The van der Waals surface area contributed by atoms with E-state index in [1.165, 1.54) is 11.3 Å². The molecule has 0 aromatic carbocycles. The second-order valence-corrected chi connectivity index (χ2v) is 4.67. The summed E-state index contributed by atoms with van der Waals surface area (Å²) in [6, 6.07) is 2.31. The van der Waals surface area contributed by atoms with Crippen molar-refractivity contribution in [2.75, 3.05) is 11.9 Å². The van der Waals surface area contributed by atoms with Crippen LogP contribution in [-0.2, 0) is 0 Å². The standard InChI is InChI=1S/C8H8ClN3S/c9-7-12-6(3-13-7)11-5-8(4-10)1-2-8/h3,11H,1-2,5H2. The molecule has 0 unspecified atom stereocenters. The third-order valence-corrected chi connectivity index (χ3v) is 3.15. The third kappa shape index (κ3) is 1.93. The predicted octanol–water partition coefficient (Wildman–Crippen LogP) is 2.51. The highest BCUT2D eigenvalue weighted by atomic mass is 35.5. The van der Waals surface area contributed by atoms with E-state index in [9.17, 15) is 0 Å². The van der Waals surface area contributed by atoms with E-state index in [2.05, 4.69) is 16.4 Å². The fourth-order valence-electron chi connectivity index (χ4n) is 1.07. The van der Waals surface area contributed by atoms with Crippen molar-refractivity contribution in [3.63, 3.8) is 0 Å². The van der Waals surface area contributed by atoms with Gasteiger partial charge in [-0.25, -0.2) is 4.98 Å². The van der Waals surface area contributed by atoms with Crippen LogP contribution in [0.5, 0.6) is 0 Å². The van der Waals surface area contributed by atoms with Crippen LogP contribution in [0.25, 0.3) is 0 Å². The molecule has 2 rings (SSSR count). The van der Waals surface area contributed by atoms with Crippen molar-refractivity contribution in [1.29, 1.82) is 5.26 Å². The summed E-state index contributed by atoms with van der Waals surface area (Å²) in [6.45, 7) is 0.684. The third-order valence-electron chi connectivity index (χ3n) is 2.17. The zero-order chi connectivity index (χ0) is 9.31. The lowest BCUT2D eigenvalue weighted by molar-refractivity contribution is 0.709. The molecule has 0 spiro atoms. The average molecular weight is 214 g/mol. The summed E-state index contributed by atoms with van der Waals surface area (Å²) in [5.74, 6) is 0.775. The predicted molar refractivity (Wildman–Crippen MR) is 52.9 cm³/mol. The lowest BCUT2D eigenvalue weighted by atomic mass is 10.1. The van der Waals surface area contributed by atoms with Crippen LogP contribution in [0.2, 0.25) is 4.47 Å². The van der Waals surface area contributed by atoms with E-state index in [0.717, 1.165) is 18.7 Å². The number of hydrogen-bond donors (Lipinski definition) is 1. The molecule has 0 bridgehead atoms. The topological polar surface area (TPSA) is 48.7 Å². The number of nitrogens with one attached hydrogen (secondary N) is 1. The molecular formula is C8H8ClN3S. The van der Waals surface area contributed by atoms with Gasteiger partial charge in [0.05, 0.1) is 11.5 Å². The van der Waals surface area contributed by atoms with Crippen LogP contribution in [0.4, 0.5) is 5.82 Å². The highest BCUT2D eigenvalue weighted by Gasteiger charge is 2.42. The first-order valence-corrected chi connectivity index (χ1v) is 5.26. The van der Waals surface area contributed by atoms with Gasteiger partial charge in [0, 0.05) is 11.9 Å². The number of nitriles is 1. The summed E-state index contributed by atoms with van der Waals surface area (Å²) in [6.07, 6.45) is 1.99. The molecule has 0 atom stereocenters. The van der Waals surface area contributed by atoms with Gasteiger partial charge in [0.25, 0.3) is 0 Å². The number of anilines is 1. The van der Waals surface area contributed by atoms with Gasteiger partial charge < -0.3 is 5.32 Å². The summed E-state index contributed by atoms with van der Waals surface area (Å²) in [5, 5.41) is 13.8. The summed E-state index contributed by atoms with van der Waals surface area (Å²) in [5.41, 5.74) is -0.129. The molecule has 1 aliphatic rings. The van der Waals surface area contributed by atoms with Gasteiger partial charge in [-0.15, -0.1) is 11.3 Å². The van der Waals surface area contributed by atoms with Crippen molar-refractivity contribution < 1.29 is 0 Å². The molecule has 1 saturated carbocycles. The number of rotatable bonds is 3. The first-order chi connectivity index (χ1) is 6.24. The van der Waals surface area contributed by atoms with Gasteiger partial charge in [-0.05, 0) is 12.8 Å². The molecule has 1 fully saturated rings. The summed E-state index contributed by atoms with van der Waals surface area (Å²) < 4.78 is 0.532. The molecule has 0 radical (unpaired) electrons. The van der Waals surface area contributed by atoms with E-state index in [4.69, 9.17) is 16.9 Å². The Labute approximate surface area is 85.4 Å². The van der Waals surface area contributed by atoms with Gasteiger partial charge >= 0.3 is 0 Å². The normalized spacial score (nSPS) is 17.8. The van der Waals surface area contributed by atoms with Gasteiger partial charge in [-0.2, -0.15) is 5.26 Å². The molecule has 5 heteroatoms. The van der Waals surface area contributed by atoms with E-state index in [-0.39, 0.29) is 5.41 Å². The first kappa shape index (κ1) is 8.79. The van der Waals surface area contributed by atoms with Crippen molar-refractivity contribution in [2.24, 2.45) is 5.41 Å². The minimum atomic E-state index is -0.129. The monoisotopic (exact) mass is 213 g/mol. The summed E-state index contributed by atoms with van der Waals surface area (Å²) in [4.78, 5) is 4.04. The number of thiazole rings is 1. The second-order valence-electron chi connectivity index (χ2n) is 3.23. The molecule has 3 nitrogen and oxygen atoms in total. The number of aromatic nitrogens is 1. The van der Waals surface area contributed by atoms with Crippen molar-refractivity contribution in [3.05, 3.63) is 9.85 Å². The van der Waals surface area contributed by atoms with Crippen LogP contribution < -0.4 is 5.32 Å². The smallest absolute Gasteiger partial charge is 0.185 e. The fourth-order valence-corrected chi connectivity index (χ4v) is 1.79. The van der Waals surface area contributed by atoms with Gasteiger partial charge in [0.1, 0.15) is 5.82 Å². The zero-order valence-corrected chi connectivity index (χ0v) is 8.45. The van der Waals surface area contributed by atoms with Gasteiger partial charge in [-0.1, -0.05) is 11.6 Å². The molecular weight excluding hydrogens is 206 g/mol. The second kappa shape index (κ2) is 3.17. The SMILES string of the molecule is N#CC1(CNc2csc(Cl)n2)CC1.